The molecule has 1 heterocycles. The number of nitrogens with zero attached hydrogens (tertiary/aromatic N) is 1. The fourth-order valence-corrected chi connectivity index (χ4v) is 5.34. The molecular weight excluding hydrogens is 550 g/mol. The van der Waals surface area contributed by atoms with Gasteiger partial charge in [0.2, 0.25) is 0 Å². The third kappa shape index (κ3) is 5.83. The Bertz CT molecular complexity index is 1850. The van der Waals surface area contributed by atoms with Crippen LogP contribution in [-0.4, -0.2) is 16.8 Å². The molecule has 5 aromatic rings. The average molecular weight is 582 g/mol. The van der Waals surface area contributed by atoms with Crippen molar-refractivity contribution in [1.29, 1.82) is 0 Å². The summed E-state index contributed by atoms with van der Waals surface area (Å²) in [6.07, 6.45) is 0. The maximum absolute atomic E-state index is 13.7. The van der Waals surface area contributed by atoms with E-state index in [9.17, 15) is 14.7 Å². The molecule has 0 aliphatic carbocycles. The summed E-state index contributed by atoms with van der Waals surface area (Å²) >= 11 is 0. The third-order valence-electron chi connectivity index (χ3n) is 7.59. The van der Waals surface area contributed by atoms with Crippen molar-refractivity contribution in [3.63, 3.8) is 0 Å². The van der Waals surface area contributed by atoms with Crippen LogP contribution in [0.5, 0.6) is 17.2 Å². The predicted octanol–water partition coefficient (Wildman–Crippen LogP) is 8.30. The van der Waals surface area contributed by atoms with Crippen molar-refractivity contribution in [1.82, 2.24) is 0 Å². The van der Waals surface area contributed by atoms with Crippen LogP contribution in [0.4, 0.5) is 5.69 Å². The molecule has 0 saturated carbocycles. The molecule has 0 bridgehead atoms. The second kappa shape index (κ2) is 12.3. The number of hydrogen-bond donors (Lipinski definition) is 1. The lowest BCUT2D eigenvalue weighted by molar-refractivity contribution is -0.132. The van der Waals surface area contributed by atoms with Gasteiger partial charge in [0.15, 0.2) is 0 Å². The Morgan fingerprint density at radius 3 is 2.14 bits per heavy atom. The fourth-order valence-electron chi connectivity index (χ4n) is 5.34. The van der Waals surface area contributed by atoms with Gasteiger partial charge in [0, 0.05) is 11.3 Å². The Hall–Kier alpha value is -5.62. The summed E-state index contributed by atoms with van der Waals surface area (Å²) in [7, 11) is 0. The minimum atomic E-state index is -0.883. The molecule has 1 amide bonds. The first-order valence-corrected chi connectivity index (χ1v) is 14.4. The largest absolute Gasteiger partial charge is 0.507 e. The van der Waals surface area contributed by atoms with Crippen LogP contribution < -0.4 is 14.4 Å². The molecule has 0 spiro atoms. The topological polar surface area (TPSA) is 76.1 Å². The number of ketones is 1. The number of para-hydroxylation sites is 1. The van der Waals surface area contributed by atoms with Gasteiger partial charge in [-0.3, -0.25) is 14.5 Å². The molecule has 44 heavy (non-hydrogen) atoms. The van der Waals surface area contributed by atoms with Gasteiger partial charge in [-0.05, 0) is 85.1 Å². The minimum Gasteiger partial charge on any atom is -0.507 e. The molecule has 1 aliphatic heterocycles. The molecule has 6 heteroatoms. The Kier molecular flexibility index (Phi) is 7.98. The van der Waals surface area contributed by atoms with Crippen LogP contribution in [0.1, 0.15) is 33.9 Å². The summed E-state index contributed by atoms with van der Waals surface area (Å²) < 4.78 is 12.1. The number of ether oxygens (including phenoxy) is 2. The number of carbonyl (C=O) groups is 2. The second-order valence-corrected chi connectivity index (χ2v) is 10.7. The van der Waals surface area contributed by atoms with Gasteiger partial charge in [0.1, 0.15) is 29.6 Å². The number of aliphatic hydroxyl groups is 1. The first-order valence-electron chi connectivity index (χ1n) is 14.4. The molecule has 1 aliphatic rings. The number of aliphatic hydroxyl groups excluding tert-OH is 1. The molecule has 6 nitrogen and oxygen atoms in total. The van der Waals surface area contributed by atoms with Gasteiger partial charge in [-0.1, -0.05) is 78.4 Å². The van der Waals surface area contributed by atoms with E-state index < -0.39 is 17.7 Å². The number of Topliss-reactive ketones (excluding diaryl/α,β-unsaturated/α-hetero) is 1. The number of rotatable bonds is 8. The molecule has 0 radical (unpaired) electrons. The minimum absolute atomic E-state index is 0.00444. The van der Waals surface area contributed by atoms with E-state index in [4.69, 9.17) is 9.47 Å². The van der Waals surface area contributed by atoms with E-state index in [0.717, 1.165) is 16.7 Å². The van der Waals surface area contributed by atoms with E-state index in [1.54, 1.807) is 36.4 Å². The van der Waals surface area contributed by atoms with E-state index in [2.05, 4.69) is 0 Å². The predicted molar refractivity (Wildman–Crippen MR) is 171 cm³/mol. The van der Waals surface area contributed by atoms with Crippen LogP contribution in [0.15, 0.2) is 133 Å². The zero-order chi connectivity index (χ0) is 30.6. The van der Waals surface area contributed by atoms with Crippen molar-refractivity contribution in [3.8, 4) is 17.2 Å². The van der Waals surface area contributed by atoms with Crippen LogP contribution in [0.2, 0.25) is 0 Å². The van der Waals surface area contributed by atoms with Gasteiger partial charge in [0.25, 0.3) is 11.7 Å². The van der Waals surface area contributed by atoms with E-state index >= 15 is 0 Å². The number of hydrogen-bond acceptors (Lipinski definition) is 5. The van der Waals surface area contributed by atoms with Crippen LogP contribution in [-0.2, 0) is 16.2 Å². The maximum atomic E-state index is 13.7. The number of benzene rings is 5. The highest BCUT2D eigenvalue weighted by atomic mass is 16.5. The first-order chi connectivity index (χ1) is 21.4. The summed E-state index contributed by atoms with van der Waals surface area (Å²) in [6, 6.07) is 38.2. The van der Waals surface area contributed by atoms with E-state index in [-0.39, 0.29) is 11.3 Å². The molecular formula is C38H31NO5. The van der Waals surface area contributed by atoms with Crippen molar-refractivity contribution in [2.24, 2.45) is 0 Å². The average Bonchev–Trinajstić information content (AvgIpc) is 3.31. The normalized spacial score (nSPS) is 15.8. The lowest BCUT2D eigenvalue weighted by Crippen LogP contribution is -2.29. The van der Waals surface area contributed by atoms with Gasteiger partial charge in [-0.2, -0.15) is 0 Å². The molecule has 1 atom stereocenters. The lowest BCUT2D eigenvalue weighted by Gasteiger charge is -2.26. The molecule has 5 aromatic carbocycles. The molecule has 1 saturated heterocycles. The molecule has 1 fully saturated rings. The smallest absolute Gasteiger partial charge is 0.300 e. The second-order valence-electron chi connectivity index (χ2n) is 10.7. The molecule has 6 rings (SSSR count). The molecule has 0 aromatic heterocycles. The SMILES string of the molecule is Cc1ccc(N2C(=O)C(=O)/C(=C(/O)c3ccc(OCc4ccccc4)c(C)c3)C2c2cccc(Oc3ccccc3)c2)cc1. The van der Waals surface area contributed by atoms with Crippen molar-refractivity contribution < 1.29 is 24.2 Å². The van der Waals surface area contributed by atoms with Gasteiger partial charge >= 0.3 is 0 Å². The first kappa shape index (κ1) is 28.5. The zero-order valence-corrected chi connectivity index (χ0v) is 24.4. The molecule has 1 N–H and O–H groups in total. The Morgan fingerprint density at radius 1 is 0.750 bits per heavy atom. The summed E-state index contributed by atoms with van der Waals surface area (Å²) in [5.41, 5.74) is 4.44. The van der Waals surface area contributed by atoms with Crippen LogP contribution in [0, 0.1) is 13.8 Å². The fraction of sp³-hybridized carbons (Fsp3) is 0.105. The summed E-state index contributed by atoms with van der Waals surface area (Å²) in [4.78, 5) is 28.7. The third-order valence-corrected chi connectivity index (χ3v) is 7.59. The summed E-state index contributed by atoms with van der Waals surface area (Å²) in [5.74, 6) is 0.128. The monoisotopic (exact) mass is 581 g/mol. The van der Waals surface area contributed by atoms with Gasteiger partial charge in [-0.25, -0.2) is 0 Å². The number of carbonyl (C=O) groups excluding carboxylic acids is 2. The maximum Gasteiger partial charge on any atom is 0.300 e. The summed E-state index contributed by atoms with van der Waals surface area (Å²) in [5, 5.41) is 11.7. The van der Waals surface area contributed by atoms with E-state index in [1.807, 2.05) is 105 Å². The lowest BCUT2D eigenvalue weighted by atomic mass is 9.94. The number of anilines is 1. The quantitative estimate of drug-likeness (QED) is 0.113. The Morgan fingerprint density at radius 2 is 1.43 bits per heavy atom. The standard InChI is InChI=1S/C38H31NO5/c1-25-16-19-30(20-17-25)39-35(28-12-9-15-32(23-28)44-31-13-7-4-8-14-31)34(37(41)38(39)42)36(40)29-18-21-33(26(2)22-29)43-24-27-10-5-3-6-11-27/h3-23,35,40H,24H2,1-2H3/b36-34+. The van der Waals surface area contributed by atoms with Crippen molar-refractivity contribution >= 4 is 23.1 Å². The number of aryl methyl sites for hydroxylation is 2. The Labute approximate surface area is 256 Å². The van der Waals surface area contributed by atoms with Crippen molar-refractivity contribution in [2.45, 2.75) is 26.5 Å². The van der Waals surface area contributed by atoms with Gasteiger partial charge in [0.05, 0.1) is 11.6 Å². The molecule has 218 valence electrons. The Balaban J connectivity index is 1.40. The van der Waals surface area contributed by atoms with Crippen LogP contribution >= 0.6 is 0 Å². The van der Waals surface area contributed by atoms with Gasteiger partial charge < -0.3 is 14.6 Å². The van der Waals surface area contributed by atoms with Crippen LogP contribution in [0.25, 0.3) is 5.76 Å². The van der Waals surface area contributed by atoms with Crippen LogP contribution in [0.3, 0.4) is 0 Å². The highest BCUT2D eigenvalue weighted by Crippen LogP contribution is 2.43. The van der Waals surface area contributed by atoms with E-state index in [0.29, 0.717) is 40.7 Å². The zero-order valence-electron chi connectivity index (χ0n) is 24.4. The van der Waals surface area contributed by atoms with Crippen molar-refractivity contribution in [2.75, 3.05) is 4.90 Å². The highest BCUT2D eigenvalue weighted by molar-refractivity contribution is 6.51. The summed E-state index contributed by atoms with van der Waals surface area (Å²) in [6.45, 7) is 4.23. The van der Waals surface area contributed by atoms with E-state index in [1.165, 1.54) is 4.90 Å². The molecule has 1 unspecified atom stereocenters. The van der Waals surface area contributed by atoms with Gasteiger partial charge in [-0.15, -0.1) is 0 Å². The van der Waals surface area contributed by atoms with Crippen molar-refractivity contribution in [3.05, 3.63) is 161 Å². The highest BCUT2D eigenvalue weighted by Gasteiger charge is 2.47. The number of amides is 1.